The number of H-pyrrole nitrogens is 1. The van der Waals surface area contributed by atoms with E-state index < -0.39 is 5.79 Å². The lowest BCUT2D eigenvalue weighted by molar-refractivity contribution is -0.123. The summed E-state index contributed by atoms with van der Waals surface area (Å²) in [6, 6.07) is 4.65. The highest BCUT2D eigenvalue weighted by Crippen LogP contribution is 2.55. The number of benzene rings is 1. The minimum Gasteiger partial charge on any atom is -0.448 e. The van der Waals surface area contributed by atoms with E-state index in [9.17, 15) is 9.59 Å². The molecule has 1 saturated carbocycles. The SMILES string of the molecule is Cc1cc(C)c(CN2CCc3c(c(C)c4c(c3-c3ccsc3)O[C@@](C)(C3CCC(N(C)C)CC3)O4)C2=O)c(=O)[nH]1. The Hall–Kier alpha value is -3.10. The molecule has 6 rings (SSSR count). The molecule has 1 amide bonds. The van der Waals surface area contributed by atoms with Gasteiger partial charge in [-0.15, -0.1) is 0 Å². The minimum atomic E-state index is -0.770. The number of hydrogen-bond donors (Lipinski definition) is 1. The van der Waals surface area contributed by atoms with E-state index in [0.717, 1.165) is 64.9 Å². The second-order valence-corrected chi connectivity index (χ2v) is 12.9. The first kappa shape index (κ1) is 27.1. The summed E-state index contributed by atoms with van der Waals surface area (Å²) in [7, 11) is 4.31. The molecule has 212 valence electrons. The fourth-order valence-corrected chi connectivity index (χ4v) is 7.64. The highest BCUT2D eigenvalue weighted by atomic mass is 32.1. The number of carbonyl (C=O) groups is 1. The number of aromatic nitrogens is 1. The topological polar surface area (TPSA) is 74.9 Å². The molecule has 4 heterocycles. The van der Waals surface area contributed by atoms with Crippen LogP contribution in [0.1, 0.15) is 70.9 Å². The fraction of sp³-hybridized carbons (Fsp3) is 0.500. The van der Waals surface area contributed by atoms with E-state index in [1.165, 1.54) is 0 Å². The third-order valence-electron chi connectivity index (χ3n) is 9.32. The molecule has 0 spiro atoms. The van der Waals surface area contributed by atoms with Gasteiger partial charge >= 0.3 is 0 Å². The average molecular weight is 562 g/mol. The van der Waals surface area contributed by atoms with E-state index in [1.54, 1.807) is 11.3 Å². The van der Waals surface area contributed by atoms with Crippen LogP contribution in [0.4, 0.5) is 0 Å². The van der Waals surface area contributed by atoms with Crippen molar-refractivity contribution in [2.24, 2.45) is 5.92 Å². The van der Waals surface area contributed by atoms with Gasteiger partial charge in [-0.05, 0) is 107 Å². The van der Waals surface area contributed by atoms with Crippen LogP contribution in [0.15, 0.2) is 27.7 Å². The Labute approximate surface area is 240 Å². The summed E-state index contributed by atoms with van der Waals surface area (Å²) in [6.45, 7) is 8.70. The Morgan fingerprint density at radius 3 is 2.45 bits per heavy atom. The van der Waals surface area contributed by atoms with Crippen molar-refractivity contribution in [1.29, 1.82) is 0 Å². The fourth-order valence-electron chi connectivity index (χ4n) is 6.99. The van der Waals surface area contributed by atoms with Crippen molar-refractivity contribution in [3.63, 3.8) is 0 Å². The second-order valence-electron chi connectivity index (χ2n) is 12.1. The van der Waals surface area contributed by atoms with Crippen molar-refractivity contribution in [1.82, 2.24) is 14.8 Å². The Morgan fingerprint density at radius 1 is 1.07 bits per heavy atom. The predicted molar refractivity (Wildman–Crippen MR) is 159 cm³/mol. The van der Waals surface area contributed by atoms with E-state index in [2.05, 4.69) is 47.7 Å². The van der Waals surface area contributed by atoms with Crippen molar-refractivity contribution >= 4 is 17.2 Å². The van der Waals surface area contributed by atoms with Crippen molar-refractivity contribution in [2.75, 3.05) is 20.6 Å². The lowest BCUT2D eigenvalue weighted by Crippen LogP contribution is -2.46. The molecule has 3 aliphatic rings. The van der Waals surface area contributed by atoms with E-state index in [-0.39, 0.29) is 23.9 Å². The van der Waals surface area contributed by atoms with E-state index in [1.807, 2.05) is 31.7 Å². The molecule has 3 aromatic rings. The Bertz CT molecular complexity index is 1520. The Balaban J connectivity index is 1.38. The molecule has 0 saturated heterocycles. The molecule has 8 heteroatoms. The molecular formula is C32H39N3O4S. The number of amides is 1. The molecule has 0 unspecified atom stereocenters. The highest BCUT2D eigenvalue weighted by molar-refractivity contribution is 7.08. The van der Waals surface area contributed by atoms with Gasteiger partial charge in [0.25, 0.3) is 17.3 Å². The second kappa shape index (κ2) is 10.1. The minimum absolute atomic E-state index is 0.0545. The van der Waals surface area contributed by atoms with Crippen LogP contribution >= 0.6 is 11.3 Å². The maximum Gasteiger partial charge on any atom is 0.254 e. The van der Waals surface area contributed by atoms with Gasteiger partial charge in [-0.2, -0.15) is 11.3 Å². The van der Waals surface area contributed by atoms with Crippen LogP contribution in [-0.2, 0) is 13.0 Å². The molecule has 0 bridgehead atoms. The van der Waals surface area contributed by atoms with E-state index in [0.29, 0.717) is 35.9 Å². The molecule has 2 aromatic heterocycles. The summed E-state index contributed by atoms with van der Waals surface area (Å²) in [5, 5.41) is 4.19. The summed E-state index contributed by atoms with van der Waals surface area (Å²) in [5.74, 6) is 0.914. The van der Waals surface area contributed by atoms with E-state index >= 15 is 0 Å². The van der Waals surface area contributed by atoms with Crippen LogP contribution in [-0.4, -0.2) is 53.2 Å². The largest absolute Gasteiger partial charge is 0.448 e. The van der Waals surface area contributed by atoms with Gasteiger partial charge in [0.2, 0.25) is 0 Å². The molecule has 2 aliphatic heterocycles. The Morgan fingerprint density at radius 2 is 1.80 bits per heavy atom. The number of nitrogens with one attached hydrogen (secondary N) is 1. The number of carbonyl (C=O) groups excluding carboxylic acids is 1. The zero-order valence-corrected chi connectivity index (χ0v) is 25.2. The molecule has 0 radical (unpaired) electrons. The third kappa shape index (κ3) is 4.45. The van der Waals surface area contributed by atoms with Gasteiger partial charge in [-0.25, -0.2) is 0 Å². The first-order valence-electron chi connectivity index (χ1n) is 14.3. The molecular weight excluding hydrogens is 522 g/mol. The van der Waals surface area contributed by atoms with Crippen LogP contribution in [0, 0.1) is 26.7 Å². The number of hydrogen-bond acceptors (Lipinski definition) is 6. The van der Waals surface area contributed by atoms with Gasteiger partial charge in [0.15, 0.2) is 11.5 Å². The van der Waals surface area contributed by atoms with Crippen molar-refractivity contribution in [2.45, 2.75) is 78.2 Å². The van der Waals surface area contributed by atoms with Crippen molar-refractivity contribution in [3.05, 3.63) is 66.8 Å². The molecule has 1 atom stereocenters. The highest BCUT2D eigenvalue weighted by Gasteiger charge is 2.49. The maximum atomic E-state index is 14.1. The zero-order chi connectivity index (χ0) is 28.3. The van der Waals surface area contributed by atoms with Crippen molar-refractivity contribution < 1.29 is 14.3 Å². The standard InChI is InChI=1S/C32H39N3O4S/c1-18-15-19(2)33-30(36)25(18)16-35-13-11-24-26(31(35)37)20(3)28-29(27(24)21-12-14-40-17-21)39-32(4,38-28)22-7-9-23(10-8-22)34(5)6/h12,14-15,17,22-23H,7-11,13,16H2,1-6H3,(H,33,36)/t22?,23?,32-/m0/s1. The molecule has 7 nitrogen and oxygen atoms in total. The van der Waals surface area contributed by atoms with Gasteiger partial charge in [-0.3, -0.25) is 9.59 Å². The first-order chi connectivity index (χ1) is 19.1. The number of nitrogens with zero attached hydrogens (tertiary/aromatic N) is 2. The summed E-state index contributed by atoms with van der Waals surface area (Å²) < 4.78 is 13.6. The molecule has 1 aliphatic carbocycles. The molecule has 1 fully saturated rings. The smallest absolute Gasteiger partial charge is 0.254 e. The number of ether oxygens (including phenoxy) is 2. The molecule has 1 N–H and O–H groups in total. The van der Waals surface area contributed by atoms with Crippen LogP contribution in [0.5, 0.6) is 11.5 Å². The lowest BCUT2D eigenvalue weighted by atomic mass is 9.81. The summed E-state index contributed by atoms with van der Waals surface area (Å²) in [4.78, 5) is 33.9. The molecule has 1 aromatic carbocycles. The monoisotopic (exact) mass is 561 g/mol. The Kier molecular flexibility index (Phi) is 6.82. The van der Waals surface area contributed by atoms with Gasteiger partial charge in [-0.1, -0.05) is 0 Å². The number of thiophene rings is 1. The summed E-state index contributed by atoms with van der Waals surface area (Å²) >= 11 is 1.64. The third-order valence-corrected chi connectivity index (χ3v) is 10.00. The molecule has 40 heavy (non-hydrogen) atoms. The number of pyridine rings is 1. The summed E-state index contributed by atoms with van der Waals surface area (Å²) in [5.41, 5.74) is 6.83. The number of rotatable bonds is 5. The van der Waals surface area contributed by atoms with Crippen LogP contribution < -0.4 is 15.0 Å². The van der Waals surface area contributed by atoms with Gasteiger partial charge in [0, 0.05) is 47.8 Å². The van der Waals surface area contributed by atoms with Gasteiger partial charge in [0.05, 0.1) is 12.1 Å². The van der Waals surface area contributed by atoms with Crippen LogP contribution in [0.3, 0.4) is 0 Å². The van der Waals surface area contributed by atoms with Crippen molar-refractivity contribution in [3.8, 4) is 22.6 Å². The van der Waals surface area contributed by atoms with E-state index in [4.69, 9.17) is 9.47 Å². The lowest BCUT2D eigenvalue weighted by Gasteiger charge is -2.39. The van der Waals surface area contributed by atoms with Gasteiger partial charge in [0.1, 0.15) is 0 Å². The first-order valence-corrected chi connectivity index (χ1v) is 15.3. The quantitative estimate of drug-likeness (QED) is 0.424. The van der Waals surface area contributed by atoms with Gasteiger partial charge < -0.3 is 24.3 Å². The predicted octanol–water partition coefficient (Wildman–Crippen LogP) is 5.83. The number of fused-ring (bicyclic) bond motifs is 2. The number of aryl methyl sites for hydroxylation is 2. The normalized spacial score (nSPS) is 24.1. The van der Waals surface area contributed by atoms with Crippen LogP contribution in [0.25, 0.3) is 11.1 Å². The zero-order valence-electron chi connectivity index (χ0n) is 24.3. The summed E-state index contributed by atoms with van der Waals surface area (Å²) in [6.07, 6.45) is 5.01. The average Bonchev–Trinajstić information content (AvgIpc) is 3.56. The maximum absolute atomic E-state index is 14.1. The van der Waals surface area contributed by atoms with Crippen LogP contribution in [0.2, 0.25) is 0 Å². The number of aromatic amines is 1.